The topological polar surface area (TPSA) is 97.0 Å². The van der Waals surface area contributed by atoms with E-state index in [0.29, 0.717) is 22.7 Å². The molecular formula is C25H21N3O5. The Kier molecular flexibility index (Phi) is 6.36. The minimum atomic E-state index is -0.551. The van der Waals surface area contributed by atoms with Crippen molar-refractivity contribution < 1.29 is 23.9 Å². The van der Waals surface area contributed by atoms with Crippen LogP contribution in [0.25, 0.3) is 6.08 Å². The van der Waals surface area contributed by atoms with Gasteiger partial charge in [-0.2, -0.15) is 0 Å². The highest BCUT2D eigenvalue weighted by Gasteiger charge is 2.35. The molecule has 8 heteroatoms. The molecule has 8 nitrogen and oxygen atoms in total. The first kappa shape index (κ1) is 21.6. The molecule has 0 aromatic heterocycles. The SMILES string of the molecule is COc1cccc(/C=C2\NC(=O)N(c3ccccc3)C2=O)c1OCC(=O)Nc1ccccc1. The third kappa shape index (κ3) is 4.85. The first-order chi connectivity index (χ1) is 16.1. The molecule has 1 fully saturated rings. The van der Waals surface area contributed by atoms with Crippen LogP contribution in [0.2, 0.25) is 0 Å². The molecule has 4 amide bonds. The van der Waals surface area contributed by atoms with Crippen LogP contribution in [-0.4, -0.2) is 31.6 Å². The number of anilines is 2. The Morgan fingerprint density at radius 1 is 0.970 bits per heavy atom. The zero-order chi connectivity index (χ0) is 23.2. The largest absolute Gasteiger partial charge is 0.493 e. The molecule has 2 N–H and O–H groups in total. The molecule has 0 unspecified atom stereocenters. The molecule has 166 valence electrons. The highest BCUT2D eigenvalue weighted by Crippen LogP contribution is 2.33. The summed E-state index contributed by atoms with van der Waals surface area (Å²) in [6.07, 6.45) is 1.50. The maximum Gasteiger partial charge on any atom is 0.333 e. The van der Waals surface area contributed by atoms with Crippen LogP contribution in [0.5, 0.6) is 11.5 Å². The number of methoxy groups -OCH3 is 1. The Morgan fingerprint density at radius 3 is 2.36 bits per heavy atom. The average Bonchev–Trinajstić information content (AvgIpc) is 3.11. The van der Waals surface area contributed by atoms with E-state index in [-0.39, 0.29) is 24.0 Å². The number of benzene rings is 3. The van der Waals surface area contributed by atoms with Crippen molar-refractivity contribution in [2.24, 2.45) is 0 Å². The van der Waals surface area contributed by atoms with Crippen LogP contribution < -0.4 is 25.0 Å². The summed E-state index contributed by atoms with van der Waals surface area (Å²) in [5.41, 5.74) is 1.66. The summed E-state index contributed by atoms with van der Waals surface area (Å²) < 4.78 is 11.1. The monoisotopic (exact) mass is 443 g/mol. The van der Waals surface area contributed by atoms with Gasteiger partial charge in [0.15, 0.2) is 18.1 Å². The van der Waals surface area contributed by atoms with Crippen molar-refractivity contribution in [3.63, 3.8) is 0 Å². The van der Waals surface area contributed by atoms with Gasteiger partial charge in [-0.3, -0.25) is 9.59 Å². The zero-order valence-corrected chi connectivity index (χ0v) is 17.8. The van der Waals surface area contributed by atoms with E-state index in [2.05, 4.69) is 10.6 Å². The number of amides is 4. The third-order valence-corrected chi connectivity index (χ3v) is 4.83. The van der Waals surface area contributed by atoms with Crippen molar-refractivity contribution >= 4 is 35.3 Å². The summed E-state index contributed by atoms with van der Waals surface area (Å²) in [7, 11) is 1.47. The van der Waals surface area contributed by atoms with Gasteiger partial charge in [0.2, 0.25) is 0 Å². The van der Waals surface area contributed by atoms with Crippen LogP contribution in [0, 0.1) is 0 Å². The molecule has 0 saturated carbocycles. The molecule has 1 heterocycles. The van der Waals surface area contributed by atoms with E-state index in [1.54, 1.807) is 60.7 Å². The fraction of sp³-hybridized carbons (Fsp3) is 0.0800. The number of carbonyl (C=O) groups excluding carboxylic acids is 3. The van der Waals surface area contributed by atoms with Crippen molar-refractivity contribution in [3.8, 4) is 11.5 Å². The van der Waals surface area contributed by atoms with Gasteiger partial charge in [0.05, 0.1) is 12.8 Å². The maximum absolute atomic E-state index is 12.9. The summed E-state index contributed by atoms with van der Waals surface area (Å²) in [6, 6.07) is 22.2. The summed E-state index contributed by atoms with van der Waals surface area (Å²) in [6.45, 7) is -0.276. The number of nitrogens with one attached hydrogen (secondary N) is 2. The molecule has 0 radical (unpaired) electrons. The second-order valence-electron chi connectivity index (χ2n) is 7.05. The van der Waals surface area contributed by atoms with Gasteiger partial charge in [0.1, 0.15) is 5.70 Å². The minimum Gasteiger partial charge on any atom is -0.493 e. The highest BCUT2D eigenvalue weighted by atomic mass is 16.5. The van der Waals surface area contributed by atoms with Crippen LogP contribution in [0.4, 0.5) is 16.2 Å². The Balaban J connectivity index is 1.56. The van der Waals surface area contributed by atoms with Crippen molar-refractivity contribution in [1.29, 1.82) is 0 Å². The molecule has 0 atom stereocenters. The fourth-order valence-electron chi connectivity index (χ4n) is 3.32. The standard InChI is InChI=1S/C25H21N3O5/c1-32-21-14-8-9-17(23(21)33-16-22(29)26-18-10-4-2-5-11-18)15-20-24(30)28(25(31)27-20)19-12-6-3-7-13-19/h2-15H,16H2,1H3,(H,26,29)(H,27,31)/b20-15-. The van der Waals surface area contributed by atoms with Gasteiger partial charge in [0.25, 0.3) is 11.8 Å². The molecule has 0 aliphatic carbocycles. The quantitative estimate of drug-likeness (QED) is 0.428. The second-order valence-corrected chi connectivity index (χ2v) is 7.05. The molecule has 1 aliphatic heterocycles. The predicted octanol–water partition coefficient (Wildman–Crippen LogP) is 3.81. The normalized spacial score (nSPS) is 14.2. The number of hydrogen-bond acceptors (Lipinski definition) is 5. The summed E-state index contributed by atoms with van der Waals surface area (Å²) in [4.78, 5) is 38.7. The maximum atomic E-state index is 12.9. The minimum absolute atomic E-state index is 0.0793. The Hall–Kier alpha value is -4.59. The number of rotatable bonds is 7. The Labute approximate surface area is 190 Å². The number of urea groups is 1. The Morgan fingerprint density at radius 2 is 1.67 bits per heavy atom. The van der Waals surface area contributed by atoms with Gasteiger partial charge in [0, 0.05) is 11.3 Å². The van der Waals surface area contributed by atoms with Gasteiger partial charge in [-0.05, 0) is 36.4 Å². The third-order valence-electron chi connectivity index (χ3n) is 4.83. The summed E-state index contributed by atoms with van der Waals surface area (Å²) in [5.74, 6) is -0.197. The lowest BCUT2D eigenvalue weighted by Crippen LogP contribution is -2.30. The number of nitrogens with zero attached hydrogens (tertiary/aromatic N) is 1. The van der Waals surface area contributed by atoms with Crippen LogP contribution in [0.15, 0.2) is 84.6 Å². The van der Waals surface area contributed by atoms with E-state index in [0.717, 1.165) is 4.90 Å². The zero-order valence-electron chi connectivity index (χ0n) is 17.8. The van der Waals surface area contributed by atoms with Gasteiger partial charge in [-0.1, -0.05) is 48.5 Å². The molecule has 0 spiro atoms. The van der Waals surface area contributed by atoms with E-state index >= 15 is 0 Å². The van der Waals surface area contributed by atoms with Crippen molar-refractivity contribution in [3.05, 3.63) is 90.1 Å². The molecule has 3 aromatic carbocycles. The van der Waals surface area contributed by atoms with Crippen LogP contribution >= 0.6 is 0 Å². The van der Waals surface area contributed by atoms with Crippen LogP contribution in [-0.2, 0) is 9.59 Å². The summed E-state index contributed by atoms with van der Waals surface area (Å²) >= 11 is 0. The first-order valence-electron chi connectivity index (χ1n) is 10.1. The Bertz CT molecular complexity index is 1210. The second kappa shape index (κ2) is 9.69. The fourth-order valence-corrected chi connectivity index (χ4v) is 3.32. The lowest BCUT2D eigenvalue weighted by Gasteiger charge is -2.14. The van der Waals surface area contributed by atoms with Gasteiger partial charge in [-0.25, -0.2) is 9.69 Å². The average molecular weight is 443 g/mol. The predicted molar refractivity (Wildman–Crippen MR) is 124 cm³/mol. The van der Waals surface area contributed by atoms with E-state index in [9.17, 15) is 14.4 Å². The number of hydrogen-bond donors (Lipinski definition) is 2. The smallest absolute Gasteiger partial charge is 0.333 e. The molecule has 1 aliphatic rings. The molecule has 33 heavy (non-hydrogen) atoms. The first-order valence-corrected chi connectivity index (χ1v) is 10.1. The number of imide groups is 1. The van der Waals surface area contributed by atoms with Gasteiger partial charge < -0.3 is 20.1 Å². The van der Waals surface area contributed by atoms with Gasteiger partial charge in [-0.15, -0.1) is 0 Å². The van der Waals surface area contributed by atoms with E-state index in [4.69, 9.17) is 9.47 Å². The van der Waals surface area contributed by atoms with Crippen molar-refractivity contribution in [2.75, 3.05) is 23.9 Å². The lowest BCUT2D eigenvalue weighted by atomic mass is 10.1. The molecule has 1 saturated heterocycles. The number of ether oxygens (including phenoxy) is 2. The van der Waals surface area contributed by atoms with Crippen LogP contribution in [0.3, 0.4) is 0 Å². The summed E-state index contributed by atoms with van der Waals surface area (Å²) in [5, 5.41) is 5.33. The molecule has 4 rings (SSSR count). The van der Waals surface area contributed by atoms with Gasteiger partial charge >= 0.3 is 6.03 Å². The molecule has 0 bridgehead atoms. The van der Waals surface area contributed by atoms with Crippen molar-refractivity contribution in [1.82, 2.24) is 5.32 Å². The highest BCUT2D eigenvalue weighted by molar-refractivity contribution is 6.28. The van der Waals surface area contributed by atoms with Crippen molar-refractivity contribution in [2.45, 2.75) is 0 Å². The number of carbonyl (C=O) groups is 3. The lowest BCUT2D eigenvalue weighted by molar-refractivity contribution is -0.118. The van der Waals surface area contributed by atoms with E-state index in [1.165, 1.54) is 13.2 Å². The molecular weight excluding hydrogens is 422 g/mol. The number of para-hydroxylation sites is 3. The molecule has 3 aromatic rings. The van der Waals surface area contributed by atoms with Crippen LogP contribution in [0.1, 0.15) is 5.56 Å². The van der Waals surface area contributed by atoms with E-state index in [1.807, 2.05) is 18.2 Å². The van der Waals surface area contributed by atoms with E-state index < -0.39 is 11.9 Å².